The summed E-state index contributed by atoms with van der Waals surface area (Å²) in [5.74, 6) is 0.0792. The highest BCUT2D eigenvalue weighted by atomic mass is 32.2. The van der Waals surface area contributed by atoms with Gasteiger partial charge in [-0.15, -0.1) is 0 Å². The van der Waals surface area contributed by atoms with E-state index in [4.69, 9.17) is 5.73 Å². The first-order valence-corrected chi connectivity index (χ1v) is 7.80. The summed E-state index contributed by atoms with van der Waals surface area (Å²) >= 11 is 0. The van der Waals surface area contributed by atoms with E-state index in [0.717, 1.165) is 18.4 Å². The van der Waals surface area contributed by atoms with Gasteiger partial charge in [0.2, 0.25) is 10.0 Å². The fourth-order valence-electron chi connectivity index (χ4n) is 1.58. The molecule has 0 fully saturated rings. The number of nitrogens with two attached hydrogens (primary N) is 1. The van der Waals surface area contributed by atoms with Gasteiger partial charge < -0.3 is 5.73 Å². The Labute approximate surface area is 109 Å². The maximum absolute atomic E-state index is 11.7. The zero-order valence-electron chi connectivity index (χ0n) is 10.7. The molecule has 1 unspecified atom stereocenters. The highest BCUT2D eigenvalue weighted by molar-refractivity contribution is 7.89. The van der Waals surface area contributed by atoms with Gasteiger partial charge in [-0.05, 0) is 30.5 Å². The minimum Gasteiger partial charge on any atom is -0.327 e. The summed E-state index contributed by atoms with van der Waals surface area (Å²) in [5, 5.41) is 0. The van der Waals surface area contributed by atoms with E-state index in [0.29, 0.717) is 13.0 Å². The van der Waals surface area contributed by atoms with E-state index in [9.17, 15) is 8.42 Å². The van der Waals surface area contributed by atoms with E-state index in [1.165, 1.54) is 0 Å². The van der Waals surface area contributed by atoms with Gasteiger partial charge in [0.1, 0.15) is 0 Å². The van der Waals surface area contributed by atoms with Crippen molar-refractivity contribution in [3.8, 4) is 0 Å². The number of sulfonamides is 1. The molecule has 1 aromatic rings. The summed E-state index contributed by atoms with van der Waals surface area (Å²) in [6, 6.07) is 3.53. The van der Waals surface area contributed by atoms with Crippen LogP contribution in [0.5, 0.6) is 0 Å². The van der Waals surface area contributed by atoms with Crippen LogP contribution in [0.1, 0.15) is 25.3 Å². The molecule has 102 valence electrons. The summed E-state index contributed by atoms with van der Waals surface area (Å²) in [6.45, 7) is 2.34. The Morgan fingerprint density at radius 1 is 1.39 bits per heavy atom. The molecule has 0 saturated carbocycles. The molecule has 3 N–H and O–H groups in total. The predicted molar refractivity (Wildman–Crippen MR) is 72.6 cm³/mol. The number of rotatable bonds is 8. The monoisotopic (exact) mass is 271 g/mol. The van der Waals surface area contributed by atoms with E-state index in [1.54, 1.807) is 12.4 Å². The summed E-state index contributed by atoms with van der Waals surface area (Å²) in [6.07, 6.45) is 5.59. The number of nitrogens with one attached hydrogen (secondary N) is 1. The standard InChI is InChI=1S/C12H21N3O2S/c1-2-3-12(13)10-15-18(16,17)9-6-11-4-7-14-8-5-11/h4-5,7-8,12,15H,2-3,6,9-10,13H2,1H3. The Kier molecular flexibility index (Phi) is 6.24. The third-order valence-electron chi connectivity index (χ3n) is 2.63. The van der Waals surface area contributed by atoms with Crippen molar-refractivity contribution in [1.82, 2.24) is 9.71 Å². The van der Waals surface area contributed by atoms with Gasteiger partial charge in [-0.2, -0.15) is 0 Å². The summed E-state index contributed by atoms with van der Waals surface area (Å²) in [5.41, 5.74) is 6.73. The van der Waals surface area contributed by atoms with Crippen molar-refractivity contribution in [3.05, 3.63) is 30.1 Å². The lowest BCUT2D eigenvalue weighted by Gasteiger charge is -2.12. The third-order valence-corrected chi connectivity index (χ3v) is 3.98. The second-order valence-corrected chi connectivity index (χ2v) is 6.25. The van der Waals surface area contributed by atoms with Gasteiger partial charge in [0.15, 0.2) is 0 Å². The van der Waals surface area contributed by atoms with E-state index in [2.05, 4.69) is 9.71 Å². The highest BCUT2D eigenvalue weighted by Crippen LogP contribution is 2.00. The SMILES string of the molecule is CCCC(N)CNS(=O)(=O)CCc1ccncc1. The lowest BCUT2D eigenvalue weighted by molar-refractivity contribution is 0.552. The number of hydrogen-bond acceptors (Lipinski definition) is 4. The topological polar surface area (TPSA) is 85.1 Å². The molecule has 0 amide bonds. The molecule has 0 aliphatic rings. The Bertz CT molecular complexity index is 434. The van der Waals surface area contributed by atoms with Gasteiger partial charge in [-0.25, -0.2) is 13.1 Å². The molecule has 5 nitrogen and oxygen atoms in total. The average molecular weight is 271 g/mol. The molecule has 6 heteroatoms. The first kappa shape index (κ1) is 15.1. The first-order chi connectivity index (χ1) is 8.53. The molecule has 18 heavy (non-hydrogen) atoms. The molecule has 0 aliphatic carbocycles. The van der Waals surface area contributed by atoms with E-state index >= 15 is 0 Å². The zero-order chi connectivity index (χ0) is 13.4. The van der Waals surface area contributed by atoms with Gasteiger partial charge in [-0.3, -0.25) is 4.98 Å². The molecule has 1 heterocycles. The minimum atomic E-state index is -3.24. The second kappa shape index (κ2) is 7.45. The van der Waals surface area contributed by atoms with Crippen molar-refractivity contribution < 1.29 is 8.42 Å². The molecule has 0 spiro atoms. The van der Waals surface area contributed by atoms with Crippen molar-refractivity contribution in [2.24, 2.45) is 5.73 Å². The Balaban J connectivity index is 2.36. The van der Waals surface area contributed by atoms with Gasteiger partial charge in [0.05, 0.1) is 5.75 Å². The molecule has 1 rings (SSSR count). The average Bonchev–Trinajstić information content (AvgIpc) is 2.36. The molecule has 0 saturated heterocycles. The lowest BCUT2D eigenvalue weighted by Crippen LogP contribution is -2.38. The highest BCUT2D eigenvalue weighted by Gasteiger charge is 2.12. The molecular weight excluding hydrogens is 250 g/mol. The van der Waals surface area contributed by atoms with Crippen molar-refractivity contribution in [1.29, 1.82) is 0 Å². The van der Waals surface area contributed by atoms with E-state index in [-0.39, 0.29) is 11.8 Å². The summed E-state index contributed by atoms with van der Waals surface area (Å²) in [7, 11) is -3.24. The number of pyridine rings is 1. The van der Waals surface area contributed by atoms with Crippen LogP contribution >= 0.6 is 0 Å². The Hall–Kier alpha value is -0.980. The van der Waals surface area contributed by atoms with Crippen LogP contribution in [0.25, 0.3) is 0 Å². The van der Waals surface area contributed by atoms with Crippen LogP contribution in [-0.4, -0.2) is 31.7 Å². The molecule has 0 radical (unpaired) electrons. The van der Waals surface area contributed by atoms with Crippen molar-refractivity contribution in [2.75, 3.05) is 12.3 Å². The molecule has 0 bridgehead atoms. The normalized spacial score (nSPS) is 13.4. The van der Waals surface area contributed by atoms with Crippen molar-refractivity contribution >= 4 is 10.0 Å². The summed E-state index contributed by atoms with van der Waals surface area (Å²) < 4.78 is 26.0. The van der Waals surface area contributed by atoms with E-state index in [1.807, 2.05) is 19.1 Å². The van der Waals surface area contributed by atoms with Gasteiger partial charge >= 0.3 is 0 Å². The quantitative estimate of drug-likeness (QED) is 0.728. The van der Waals surface area contributed by atoms with Crippen LogP contribution in [-0.2, 0) is 16.4 Å². The first-order valence-electron chi connectivity index (χ1n) is 6.15. The third kappa shape index (κ3) is 6.09. The van der Waals surface area contributed by atoms with Gasteiger partial charge in [0, 0.05) is 25.0 Å². The number of nitrogens with zero attached hydrogens (tertiary/aromatic N) is 1. The number of aryl methyl sites for hydroxylation is 1. The van der Waals surface area contributed by atoms with Crippen LogP contribution in [0.3, 0.4) is 0 Å². The fourth-order valence-corrected chi connectivity index (χ4v) is 2.70. The molecule has 0 aliphatic heterocycles. The van der Waals surface area contributed by atoms with Crippen molar-refractivity contribution in [3.63, 3.8) is 0 Å². The van der Waals surface area contributed by atoms with Crippen LogP contribution in [0.4, 0.5) is 0 Å². The molecule has 1 atom stereocenters. The van der Waals surface area contributed by atoms with Gasteiger partial charge in [-0.1, -0.05) is 13.3 Å². The zero-order valence-corrected chi connectivity index (χ0v) is 11.5. The fraction of sp³-hybridized carbons (Fsp3) is 0.583. The molecular formula is C12H21N3O2S. The Morgan fingerprint density at radius 3 is 2.67 bits per heavy atom. The predicted octanol–water partition coefficient (Wildman–Crippen LogP) is 0.671. The summed E-state index contributed by atoms with van der Waals surface area (Å²) in [4.78, 5) is 3.89. The van der Waals surface area contributed by atoms with Crippen LogP contribution < -0.4 is 10.5 Å². The van der Waals surface area contributed by atoms with Crippen LogP contribution in [0, 0.1) is 0 Å². The van der Waals surface area contributed by atoms with Crippen LogP contribution in [0.15, 0.2) is 24.5 Å². The maximum atomic E-state index is 11.7. The smallest absolute Gasteiger partial charge is 0.211 e. The Morgan fingerprint density at radius 2 is 2.06 bits per heavy atom. The van der Waals surface area contributed by atoms with Crippen molar-refractivity contribution in [2.45, 2.75) is 32.2 Å². The van der Waals surface area contributed by atoms with Crippen LogP contribution in [0.2, 0.25) is 0 Å². The minimum absolute atomic E-state index is 0.0792. The molecule has 1 aromatic heterocycles. The number of hydrogen-bond donors (Lipinski definition) is 2. The molecule has 0 aromatic carbocycles. The van der Waals surface area contributed by atoms with Gasteiger partial charge in [0.25, 0.3) is 0 Å². The maximum Gasteiger partial charge on any atom is 0.211 e. The second-order valence-electron chi connectivity index (χ2n) is 4.32. The largest absolute Gasteiger partial charge is 0.327 e. The lowest BCUT2D eigenvalue weighted by atomic mass is 10.2. The van der Waals surface area contributed by atoms with E-state index < -0.39 is 10.0 Å². The number of aromatic nitrogens is 1.